The Kier molecular flexibility index (Phi) is 2.90. The van der Waals surface area contributed by atoms with Crippen molar-refractivity contribution in [2.75, 3.05) is 5.48 Å². The van der Waals surface area contributed by atoms with E-state index in [2.05, 4.69) is 12.1 Å². The van der Waals surface area contributed by atoms with Crippen LogP contribution in [0.5, 0.6) is 0 Å². The van der Waals surface area contributed by atoms with Crippen LogP contribution in [-0.4, -0.2) is 6.29 Å². The normalized spacial score (nSPS) is 8.67. The second-order valence-corrected chi connectivity index (χ2v) is 2.15. The SMILES string of the molecule is C=C(C=O)ONc1ccccc1. The molecule has 3 heteroatoms. The largest absolute Gasteiger partial charge is 0.379 e. The third-order valence-corrected chi connectivity index (χ3v) is 1.21. The zero-order valence-electron chi connectivity index (χ0n) is 6.49. The molecule has 1 rings (SSSR count). The highest BCUT2D eigenvalue weighted by Crippen LogP contribution is 2.05. The van der Waals surface area contributed by atoms with Crippen molar-refractivity contribution in [1.29, 1.82) is 0 Å². The van der Waals surface area contributed by atoms with E-state index in [-0.39, 0.29) is 5.76 Å². The fourth-order valence-corrected chi connectivity index (χ4v) is 0.655. The third-order valence-electron chi connectivity index (χ3n) is 1.21. The molecular formula is C9H9NO2. The molecule has 0 aliphatic carbocycles. The average Bonchev–Trinajstić information content (AvgIpc) is 2.16. The molecule has 0 aliphatic heterocycles. The van der Waals surface area contributed by atoms with Gasteiger partial charge in [0.15, 0.2) is 12.0 Å². The summed E-state index contributed by atoms with van der Waals surface area (Å²) in [5.74, 6) is 0.0545. The molecule has 0 aliphatic rings. The van der Waals surface area contributed by atoms with Gasteiger partial charge in [0.25, 0.3) is 0 Å². The topological polar surface area (TPSA) is 38.3 Å². The van der Waals surface area contributed by atoms with Gasteiger partial charge in [0.05, 0.1) is 5.69 Å². The molecule has 1 aromatic rings. The van der Waals surface area contributed by atoms with Gasteiger partial charge in [-0.25, -0.2) is 5.48 Å². The van der Waals surface area contributed by atoms with Gasteiger partial charge >= 0.3 is 0 Å². The minimum Gasteiger partial charge on any atom is -0.379 e. The van der Waals surface area contributed by atoms with Crippen molar-refractivity contribution in [1.82, 2.24) is 0 Å². The van der Waals surface area contributed by atoms with Crippen molar-refractivity contribution in [2.24, 2.45) is 0 Å². The molecule has 0 fully saturated rings. The van der Waals surface area contributed by atoms with E-state index in [1.807, 2.05) is 30.3 Å². The molecule has 3 nitrogen and oxygen atoms in total. The summed E-state index contributed by atoms with van der Waals surface area (Å²) in [5, 5.41) is 0. The van der Waals surface area contributed by atoms with Crippen LogP contribution in [0.3, 0.4) is 0 Å². The lowest BCUT2D eigenvalue weighted by molar-refractivity contribution is -0.107. The third kappa shape index (κ3) is 2.46. The number of aldehydes is 1. The van der Waals surface area contributed by atoms with E-state index in [0.717, 1.165) is 5.69 Å². The van der Waals surface area contributed by atoms with Crippen LogP contribution < -0.4 is 5.48 Å². The minimum absolute atomic E-state index is 0.0545. The zero-order valence-corrected chi connectivity index (χ0v) is 6.49. The van der Waals surface area contributed by atoms with Crippen LogP contribution in [0.15, 0.2) is 42.7 Å². The Morgan fingerprint density at radius 3 is 2.67 bits per heavy atom. The number of carbonyl (C=O) groups excluding carboxylic acids is 1. The van der Waals surface area contributed by atoms with Crippen LogP contribution in [0.1, 0.15) is 0 Å². The molecule has 12 heavy (non-hydrogen) atoms. The molecule has 0 amide bonds. The average molecular weight is 163 g/mol. The van der Waals surface area contributed by atoms with Gasteiger partial charge in [0, 0.05) is 0 Å². The molecule has 0 spiro atoms. The second kappa shape index (κ2) is 4.18. The number of para-hydroxylation sites is 1. The highest BCUT2D eigenvalue weighted by atomic mass is 16.6. The zero-order chi connectivity index (χ0) is 8.81. The Balaban J connectivity index is 2.43. The van der Waals surface area contributed by atoms with Gasteiger partial charge in [-0.2, -0.15) is 0 Å². The van der Waals surface area contributed by atoms with Crippen molar-refractivity contribution < 1.29 is 9.63 Å². The van der Waals surface area contributed by atoms with Crippen LogP contribution in [0.2, 0.25) is 0 Å². The van der Waals surface area contributed by atoms with Crippen molar-refractivity contribution in [2.45, 2.75) is 0 Å². The van der Waals surface area contributed by atoms with Crippen LogP contribution in [0.25, 0.3) is 0 Å². The van der Waals surface area contributed by atoms with Crippen LogP contribution in [-0.2, 0) is 9.63 Å². The van der Waals surface area contributed by atoms with Crippen LogP contribution in [0.4, 0.5) is 5.69 Å². The Hall–Kier alpha value is -1.77. The van der Waals surface area contributed by atoms with Crippen molar-refractivity contribution in [3.8, 4) is 0 Å². The van der Waals surface area contributed by atoms with Crippen LogP contribution in [0, 0.1) is 0 Å². The molecular weight excluding hydrogens is 154 g/mol. The van der Waals surface area contributed by atoms with Gasteiger partial charge in [-0.05, 0) is 18.7 Å². The lowest BCUT2D eigenvalue weighted by Crippen LogP contribution is -2.00. The summed E-state index contributed by atoms with van der Waals surface area (Å²) in [6.07, 6.45) is 0.538. The summed E-state index contributed by atoms with van der Waals surface area (Å²) in [5.41, 5.74) is 3.34. The maximum atomic E-state index is 10.1. The molecule has 0 saturated heterocycles. The maximum absolute atomic E-state index is 10.1. The molecule has 0 aromatic heterocycles. The number of nitrogens with one attached hydrogen (secondary N) is 1. The monoisotopic (exact) mass is 163 g/mol. The minimum atomic E-state index is 0.0545. The van der Waals surface area contributed by atoms with Gasteiger partial charge in [0.2, 0.25) is 0 Å². The van der Waals surface area contributed by atoms with Crippen molar-refractivity contribution in [3.05, 3.63) is 42.7 Å². The summed E-state index contributed by atoms with van der Waals surface area (Å²) in [7, 11) is 0. The van der Waals surface area contributed by atoms with Gasteiger partial charge in [-0.1, -0.05) is 18.2 Å². The van der Waals surface area contributed by atoms with Crippen molar-refractivity contribution >= 4 is 12.0 Å². The number of hydrogen-bond donors (Lipinski definition) is 1. The Morgan fingerprint density at radius 1 is 1.42 bits per heavy atom. The first-order valence-electron chi connectivity index (χ1n) is 3.45. The summed E-state index contributed by atoms with van der Waals surface area (Å²) in [6, 6.07) is 9.24. The molecule has 1 aromatic carbocycles. The summed E-state index contributed by atoms with van der Waals surface area (Å²) < 4.78 is 0. The van der Waals surface area contributed by atoms with Gasteiger partial charge in [-0.15, -0.1) is 0 Å². The van der Waals surface area contributed by atoms with E-state index >= 15 is 0 Å². The predicted molar refractivity (Wildman–Crippen MR) is 46.4 cm³/mol. The smallest absolute Gasteiger partial charge is 0.187 e. The first-order valence-corrected chi connectivity index (χ1v) is 3.45. The molecule has 0 atom stereocenters. The maximum Gasteiger partial charge on any atom is 0.187 e. The summed E-state index contributed by atoms with van der Waals surface area (Å²) >= 11 is 0. The molecule has 0 bridgehead atoms. The van der Waals surface area contributed by atoms with Crippen LogP contribution >= 0.6 is 0 Å². The van der Waals surface area contributed by atoms with E-state index in [9.17, 15) is 4.79 Å². The number of allylic oxidation sites excluding steroid dienone is 1. The fraction of sp³-hybridized carbons (Fsp3) is 0. The molecule has 62 valence electrons. The second-order valence-electron chi connectivity index (χ2n) is 2.15. The fourth-order valence-electron chi connectivity index (χ4n) is 0.655. The lowest BCUT2D eigenvalue weighted by atomic mass is 10.3. The molecule has 0 unspecified atom stereocenters. The lowest BCUT2D eigenvalue weighted by Gasteiger charge is -2.05. The molecule has 0 heterocycles. The molecule has 1 N–H and O–H groups in total. The summed E-state index contributed by atoms with van der Waals surface area (Å²) in [4.78, 5) is 14.8. The number of hydrogen-bond acceptors (Lipinski definition) is 3. The Morgan fingerprint density at radius 2 is 2.08 bits per heavy atom. The Labute approximate surface area is 70.6 Å². The summed E-state index contributed by atoms with van der Waals surface area (Å²) in [6.45, 7) is 3.34. The van der Waals surface area contributed by atoms with Gasteiger partial charge in [0.1, 0.15) is 0 Å². The first kappa shape index (κ1) is 8.33. The molecule has 0 radical (unpaired) electrons. The van der Waals surface area contributed by atoms with E-state index in [1.165, 1.54) is 0 Å². The standard InChI is InChI=1S/C9H9NO2/c1-8(7-11)12-10-9-5-3-2-4-6-9/h2-7,10H,1H2. The molecule has 0 saturated carbocycles. The number of anilines is 1. The Bertz CT molecular complexity index is 269. The number of rotatable bonds is 4. The van der Waals surface area contributed by atoms with E-state index in [1.54, 1.807) is 0 Å². The number of carbonyl (C=O) groups is 1. The van der Waals surface area contributed by atoms with Gasteiger partial charge < -0.3 is 4.84 Å². The highest BCUT2D eigenvalue weighted by Gasteiger charge is 1.91. The van der Waals surface area contributed by atoms with E-state index in [0.29, 0.717) is 6.29 Å². The number of benzene rings is 1. The quantitative estimate of drug-likeness (QED) is 0.318. The first-order chi connectivity index (χ1) is 5.83. The predicted octanol–water partition coefficient (Wildman–Crippen LogP) is 1.74. The van der Waals surface area contributed by atoms with E-state index < -0.39 is 0 Å². The van der Waals surface area contributed by atoms with Crippen molar-refractivity contribution in [3.63, 3.8) is 0 Å². The van der Waals surface area contributed by atoms with Gasteiger partial charge in [-0.3, -0.25) is 4.79 Å². The highest BCUT2D eigenvalue weighted by molar-refractivity contribution is 5.69. The van der Waals surface area contributed by atoms with E-state index in [4.69, 9.17) is 4.84 Å².